The molecule has 0 unspecified atom stereocenters. The van der Waals surface area contributed by atoms with Gasteiger partial charge in [0.25, 0.3) is 0 Å². The summed E-state index contributed by atoms with van der Waals surface area (Å²) in [6.45, 7) is -0.565. The van der Waals surface area contributed by atoms with Crippen molar-refractivity contribution in [2.24, 2.45) is 7.05 Å². The maximum Gasteiger partial charge on any atom is 0.417 e. The normalized spacial score (nSPS) is 11.9. The van der Waals surface area contributed by atoms with E-state index in [1.807, 2.05) is 0 Å². The number of hydrogen-bond acceptors (Lipinski definition) is 4. The molecule has 1 N–H and O–H groups in total. The van der Waals surface area contributed by atoms with Gasteiger partial charge in [0.05, 0.1) is 12.2 Å². The first-order valence-electron chi connectivity index (χ1n) is 5.96. The summed E-state index contributed by atoms with van der Waals surface area (Å²) in [5.74, 6) is -0.935. The summed E-state index contributed by atoms with van der Waals surface area (Å²) in [6, 6.07) is 4.78. The Hall–Kier alpha value is -2.06. The van der Waals surface area contributed by atoms with Crippen molar-refractivity contribution in [1.82, 2.24) is 4.57 Å². The third-order valence-electron chi connectivity index (χ3n) is 2.91. The molecule has 0 bridgehead atoms. The van der Waals surface area contributed by atoms with Crippen molar-refractivity contribution >= 4 is 16.9 Å². The Bertz CT molecular complexity index is 663. The number of hydrogen-bond donors (Lipinski definition) is 1. The number of carbonyl (C=O) groups excluding carboxylic acids is 1. The predicted molar refractivity (Wildman–Crippen MR) is 66.4 cm³/mol. The first kappa shape index (κ1) is 15.3. The molecular weight excluding hydrogens is 291 g/mol. The monoisotopic (exact) mass is 303 g/mol. The molecule has 1 aromatic heterocycles. The lowest BCUT2D eigenvalue weighted by Gasteiger charge is -2.07. The predicted octanol–water partition coefficient (Wildman–Crippen LogP) is 2.28. The molecule has 0 saturated carbocycles. The quantitative estimate of drug-likeness (QED) is 0.535. The number of nitrogens with zero attached hydrogens (tertiary/aromatic N) is 1. The van der Waals surface area contributed by atoms with Gasteiger partial charge >= 0.3 is 12.1 Å². The second-order valence-electron chi connectivity index (χ2n) is 4.24. The summed E-state index contributed by atoms with van der Waals surface area (Å²) in [4.78, 5) is 20.6. The molecule has 21 heavy (non-hydrogen) atoms. The average Bonchev–Trinajstić information content (AvgIpc) is 2.75. The Kier molecular flexibility index (Phi) is 4.19. The fourth-order valence-electron chi connectivity index (χ4n) is 1.98. The zero-order valence-corrected chi connectivity index (χ0v) is 11.0. The van der Waals surface area contributed by atoms with E-state index in [4.69, 9.17) is 5.11 Å². The molecule has 1 aromatic carbocycles. The summed E-state index contributed by atoms with van der Waals surface area (Å²) >= 11 is 0. The van der Waals surface area contributed by atoms with Crippen molar-refractivity contribution in [3.05, 3.63) is 35.5 Å². The van der Waals surface area contributed by atoms with Crippen molar-refractivity contribution in [3.63, 3.8) is 0 Å². The minimum Gasteiger partial charge on any atom is -0.394 e. The van der Waals surface area contributed by atoms with E-state index in [1.165, 1.54) is 23.7 Å². The Morgan fingerprint density at radius 2 is 2.10 bits per heavy atom. The van der Waals surface area contributed by atoms with Crippen LogP contribution in [0, 0.1) is 0 Å². The molecule has 0 fully saturated rings. The molecule has 2 rings (SSSR count). The van der Waals surface area contributed by atoms with E-state index in [0.717, 1.165) is 12.1 Å². The Morgan fingerprint density at radius 3 is 2.71 bits per heavy atom. The lowest BCUT2D eigenvalue weighted by Crippen LogP contribution is -2.11. The molecule has 0 atom stereocenters. The van der Waals surface area contributed by atoms with Crippen molar-refractivity contribution < 1.29 is 32.8 Å². The number of aryl methyl sites for hydroxylation is 1. The zero-order valence-electron chi connectivity index (χ0n) is 11.0. The molecule has 0 spiro atoms. The maximum absolute atomic E-state index is 12.9. The molecule has 2 aromatic rings. The first-order chi connectivity index (χ1) is 9.86. The molecule has 1 heterocycles. The van der Waals surface area contributed by atoms with Gasteiger partial charge < -0.3 is 9.67 Å². The largest absolute Gasteiger partial charge is 0.417 e. The van der Waals surface area contributed by atoms with Crippen LogP contribution in [0.4, 0.5) is 13.2 Å². The summed E-state index contributed by atoms with van der Waals surface area (Å²) in [6.07, 6.45) is -4.52. The molecule has 0 amide bonds. The van der Waals surface area contributed by atoms with E-state index < -0.39 is 17.7 Å². The van der Waals surface area contributed by atoms with Crippen LogP contribution in [0.3, 0.4) is 0 Å². The Balaban J connectivity index is 2.43. The van der Waals surface area contributed by atoms with Gasteiger partial charge in [0.2, 0.25) is 0 Å². The lowest BCUT2D eigenvalue weighted by molar-refractivity contribution is -0.245. The third kappa shape index (κ3) is 3.01. The van der Waals surface area contributed by atoms with E-state index in [2.05, 4.69) is 9.78 Å². The standard InChI is InChI=1S/C13H12F3NO4/c1-17-10-4-2-3-9(13(14,15)16)8(10)7-11(17)12(19)21-20-6-5-18/h2-4,7,18H,5-6H2,1H3. The van der Waals surface area contributed by atoms with Gasteiger partial charge in [-0.2, -0.15) is 18.1 Å². The Morgan fingerprint density at radius 1 is 1.38 bits per heavy atom. The van der Waals surface area contributed by atoms with Crippen molar-refractivity contribution in [1.29, 1.82) is 0 Å². The van der Waals surface area contributed by atoms with Gasteiger partial charge in [-0.3, -0.25) is 4.89 Å². The van der Waals surface area contributed by atoms with Gasteiger partial charge in [-0.15, -0.1) is 0 Å². The highest BCUT2D eigenvalue weighted by molar-refractivity contribution is 5.96. The highest BCUT2D eigenvalue weighted by Gasteiger charge is 2.33. The summed E-state index contributed by atoms with van der Waals surface area (Å²) in [5.41, 5.74) is -0.663. The van der Waals surface area contributed by atoms with Gasteiger partial charge in [-0.1, -0.05) is 6.07 Å². The van der Waals surface area contributed by atoms with Crippen molar-refractivity contribution in [2.75, 3.05) is 13.2 Å². The number of rotatable bonds is 4. The lowest BCUT2D eigenvalue weighted by atomic mass is 10.1. The molecule has 0 aliphatic heterocycles. The minimum atomic E-state index is -4.52. The highest BCUT2D eigenvalue weighted by Crippen LogP contribution is 2.35. The summed E-state index contributed by atoms with van der Waals surface area (Å²) < 4.78 is 40.1. The summed E-state index contributed by atoms with van der Waals surface area (Å²) in [7, 11) is 1.45. The van der Waals surface area contributed by atoms with Gasteiger partial charge in [-0.25, -0.2) is 4.79 Å². The molecule has 0 aliphatic carbocycles. The smallest absolute Gasteiger partial charge is 0.394 e. The van der Waals surface area contributed by atoms with Crippen LogP contribution in [0.15, 0.2) is 24.3 Å². The number of aliphatic hydroxyl groups is 1. The zero-order chi connectivity index (χ0) is 15.6. The van der Waals surface area contributed by atoms with Crippen LogP contribution in [-0.2, 0) is 23.0 Å². The topological polar surface area (TPSA) is 60.7 Å². The molecule has 114 valence electrons. The second-order valence-corrected chi connectivity index (χ2v) is 4.24. The van der Waals surface area contributed by atoms with E-state index >= 15 is 0 Å². The number of aromatic nitrogens is 1. The first-order valence-corrected chi connectivity index (χ1v) is 5.96. The molecule has 0 aliphatic rings. The van der Waals surface area contributed by atoms with Gasteiger partial charge in [0, 0.05) is 18.0 Å². The van der Waals surface area contributed by atoms with E-state index in [1.54, 1.807) is 0 Å². The van der Waals surface area contributed by atoms with E-state index in [-0.39, 0.29) is 29.8 Å². The van der Waals surface area contributed by atoms with Crippen LogP contribution < -0.4 is 0 Å². The van der Waals surface area contributed by atoms with Crippen LogP contribution in [-0.4, -0.2) is 28.9 Å². The molecule has 5 nitrogen and oxygen atoms in total. The molecule has 0 saturated heterocycles. The Labute approximate surface area is 117 Å². The average molecular weight is 303 g/mol. The fourth-order valence-corrected chi connectivity index (χ4v) is 1.98. The van der Waals surface area contributed by atoms with Crippen molar-refractivity contribution in [3.8, 4) is 0 Å². The van der Waals surface area contributed by atoms with E-state index in [9.17, 15) is 18.0 Å². The number of aliphatic hydroxyl groups excluding tert-OH is 1. The van der Waals surface area contributed by atoms with Crippen LogP contribution in [0.25, 0.3) is 10.9 Å². The maximum atomic E-state index is 12.9. The van der Waals surface area contributed by atoms with E-state index in [0.29, 0.717) is 0 Å². The number of alkyl halides is 3. The van der Waals surface area contributed by atoms with Crippen LogP contribution >= 0.6 is 0 Å². The van der Waals surface area contributed by atoms with Gasteiger partial charge in [-0.05, 0) is 18.2 Å². The number of halogens is 3. The molecular formula is C13H12F3NO4. The fraction of sp³-hybridized carbons (Fsp3) is 0.308. The molecule has 8 heteroatoms. The minimum absolute atomic E-state index is 0.0837. The molecule has 0 radical (unpaired) electrons. The summed E-state index contributed by atoms with van der Waals surface area (Å²) in [5, 5.41) is 8.40. The van der Waals surface area contributed by atoms with Crippen LogP contribution in [0.5, 0.6) is 0 Å². The highest BCUT2D eigenvalue weighted by atomic mass is 19.4. The SMILES string of the molecule is Cn1c(C(=O)OOCCO)cc2c(C(F)(F)F)cccc21. The number of carbonyl (C=O) groups is 1. The second kappa shape index (κ2) is 5.74. The van der Waals surface area contributed by atoms with Crippen LogP contribution in [0.2, 0.25) is 0 Å². The number of benzene rings is 1. The number of fused-ring (bicyclic) bond motifs is 1. The third-order valence-corrected chi connectivity index (χ3v) is 2.91. The van der Waals surface area contributed by atoms with Crippen LogP contribution in [0.1, 0.15) is 16.1 Å². The van der Waals surface area contributed by atoms with Gasteiger partial charge in [0.15, 0.2) is 0 Å². The van der Waals surface area contributed by atoms with Crippen molar-refractivity contribution in [2.45, 2.75) is 6.18 Å². The van der Waals surface area contributed by atoms with Gasteiger partial charge in [0.1, 0.15) is 12.3 Å².